The van der Waals surface area contributed by atoms with Crippen molar-refractivity contribution in [3.8, 4) is 5.75 Å². The summed E-state index contributed by atoms with van der Waals surface area (Å²) in [5, 5.41) is 35.6. The third-order valence-electron chi connectivity index (χ3n) is 5.35. The van der Waals surface area contributed by atoms with Gasteiger partial charge in [-0.15, -0.1) is 0 Å². The van der Waals surface area contributed by atoms with Crippen LogP contribution in [0.4, 0.5) is 0 Å². The third kappa shape index (κ3) is 10.3. The minimum atomic E-state index is -1.27. The third-order valence-corrected chi connectivity index (χ3v) is 5.35. The zero-order valence-corrected chi connectivity index (χ0v) is 20.1. The molecule has 0 spiro atoms. The van der Waals surface area contributed by atoms with E-state index in [4.69, 9.17) is 16.6 Å². The van der Waals surface area contributed by atoms with Gasteiger partial charge in [0.25, 0.3) is 0 Å². The van der Waals surface area contributed by atoms with Crippen LogP contribution < -0.4 is 27.4 Å². The lowest BCUT2D eigenvalue weighted by Gasteiger charge is -2.27. The summed E-state index contributed by atoms with van der Waals surface area (Å²) < 4.78 is 0. The van der Waals surface area contributed by atoms with Gasteiger partial charge in [-0.25, -0.2) is 4.79 Å². The topological polar surface area (TPSA) is 217 Å². The van der Waals surface area contributed by atoms with Gasteiger partial charge in [-0.1, -0.05) is 26.0 Å². The van der Waals surface area contributed by atoms with Crippen molar-refractivity contribution in [1.29, 1.82) is 0 Å². The highest BCUT2D eigenvalue weighted by atomic mass is 16.4. The van der Waals surface area contributed by atoms with Crippen LogP contribution in [0.5, 0.6) is 5.75 Å². The number of phenols is 1. The number of nitrogens with one attached hydrogen (secondary N) is 3. The van der Waals surface area contributed by atoms with Crippen molar-refractivity contribution >= 4 is 23.7 Å². The predicted molar refractivity (Wildman–Crippen MR) is 128 cm³/mol. The maximum absolute atomic E-state index is 13.0. The number of hydrogen-bond acceptors (Lipinski definition) is 8. The Labute approximate surface area is 204 Å². The van der Waals surface area contributed by atoms with Crippen LogP contribution in [0.15, 0.2) is 24.3 Å². The van der Waals surface area contributed by atoms with Crippen molar-refractivity contribution in [2.75, 3.05) is 13.2 Å². The summed E-state index contributed by atoms with van der Waals surface area (Å²) in [7, 11) is 0. The number of unbranched alkanes of at least 4 members (excludes halogenated alkanes) is 1. The molecule has 0 aliphatic carbocycles. The molecule has 0 radical (unpaired) electrons. The number of phenolic OH excluding ortho intramolecular Hbond substituents is 1. The van der Waals surface area contributed by atoms with Crippen LogP contribution in [0.25, 0.3) is 0 Å². The number of aliphatic hydroxyl groups excluding tert-OH is 1. The summed E-state index contributed by atoms with van der Waals surface area (Å²) in [4.78, 5) is 49.8. The molecule has 0 saturated carbocycles. The first-order valence-corrected chi connectivity index (χ1v) is 11.5. The first-order valence-electron chi connectivity index (χ1n) is 11.5. The minimum absolute atomic E-state index is 0.0281. The molecule has 1 rings (SSSR count). The highest BCUT2D eigenvalue weighted by Crippen LogP contribution is 2.12. The number of hydrogen-bond donors (Lipinski definition) is 8. The van der Waals surface area contributed by atoms with E-state index in [0.717, 1.165) is 0 Å². The molecule has 4 atom stereocenters. The molecule has 4 unspecified atom stereocenters. The Bertz CT molecular complexity index is 847. The van der Waals surface area contributed by atoms with Crippen LogP contribution in [0.3, 0.4) is 0 Å². The molecule has 10 N–H and O–H groups in total. The summed E-state index contributed by atoms with van der Waals surface area (Å²) in [6, 6.07) is 1.34. The standard InChI is InChI=1S/C23H37N5O7/c1-13(2)19(22(33)27-18(23(34)35)11-14-6-8-15(30)9-7-14)28-21(32)17(5-3-4-10-24)26-20(31)16(25)12-29/h6-9,13,16-19,29-30H,3-5,10-12,24-25H2,1-2H3,(H,26,31)(H,27,33)(H,28,32)(H,34,35). The van der Waals surface area contributed by atoms with Crippen molar-refractivity contribution in [2.24, 2.45) is 17.4 Å². The Morgan fingerprint density at radius 1 is 0.914 bits per heavy atom. The fraction of sp³-hybridized carbons (Fsp3) is 0.565. The molecular formula is C23H37N5O7. The minimum Gasteiger partial charge on any atom is -0.508 e. The Hall–Kier alpha value is -3.22. The molecule has 0 saturated heterocycles. The van der Waals surface area contributed by atoms with Crippen molar-refractivity contribution in [3.05, 3.63) is 29.8 Å². The van der Waals surface area contributed by atoms with E-state index < -0.39 is 60.4 Å². The second-order valence-electron chi connectivity index (χ2n) is 8.63. The first kappa shape index (κ1) is 29.8. The summed E-state index contributed by atoms with van der Waals surface area (Å²) in [5.41, 5.74) is 11.6. The number of aliphatic carboxylic acids is 1. The first-order chi connectivity index (χ1) is 16.5. The lowest BCUT2D eigenvalue weighted by atomic mass is 10.00. The van der Waals surface area contributed by atoms with E-state index in [-0.39, 0.29) is 18.6 Å². The second kappa shape index (κ2) is 14.9. The number of nitrogens with two attached hydrogens (primary N) is 2. The molecule has 0 aliphatic heterocycles. The van der Waals surface area contributed by atoms with E-state index in [1.54, 1.807) is 26.0 Å². The van der Waals surface area contributed by atoms with Crippen LogP contribution in [0, 0.1) is 5.92 Å². The molecule has 12 nitrogen and oxygen atoms in total. The van der Waals surface area contributed by atoms with Gasteiger partial charge in [-0.2, -0.15) is 0 Å². The van der Waals surface area contributed by atoms with Crippen molar-refractivity contribution in [1.82, 2.24) is 16.0 Å². The van der Waals surface area contributed by atoms with E-state index in [2.05, 4.69) is 16.0 Å². The number of carboxylic acids is 1. The van der Waals surface area contributed by atoms with Crippen LogP contribution in [-0.4, -0.2) is 76.3 Å². The predicted octanol–water partition coefficient (Wildman–Crippen LogP) is -1.42. The summed E-state index contributed by atoms with van der Waals surface area (Å²) in [5.74, 6) is -3.68. The lowest BCUT2D eigenvalue weighted by Crippen LogP contribution is -2.58. The van der Waals surface area contributed by atoms with Gasteiger partial charge in [0.15, 0.2) is 0 Å². The number of aromatic hydroxyl groups is 1. The summed E-state index contributed by atoms with van der Waals surface area (Å²) in [6.07, 6.45) is 1.34. The zero-order valence-electron chi connectivity index (χ0n) is 20.1. The largest absolute Gasteiger partial charge is 0.508 e. The zero-order chi connectivity index (χ0) is 26.5. The van der Waals surface area contributed by atoms with E-state index in [1.807, 2.05) is 0 Å². The fourth-order valence-electron chi connectivity index (χ4n) is 3.24. The van der Waals surface area contributed by atoms with Crippen LogP contribution in [-0.2, 0) is 25.6 Å². The number of benzene rings is 1. The van der Waals surface area contributed by atoms with Crippen LogP contribution in [0.1, 0.15) is 38.7 Å². The van der Waals surface area contributed by atoms with Gasteiger partial charge in [0.05, 0.1) is 6.61 Å². The molecule has 0 bridgehead atoms. The SMILES string of the molecule is CC(C)C(NC(=O)C(CCCCN)NC(=O)C(N)CO)C(=O)NC(Cc1ccc(O)cc1)C(=O)O. The van der Waals surface area contributed by atoms with Gasteiger partial charge in [0.1, 0.15) is 29.9 Å². The quantitative estimate of drug-likeness (QED) is 0.134. The summed E-state index contributed by atoms with van der Waals surface area (Å²) >= 11 is 0. The normalized spacial score (nSPS) is 14.5. The highest BCUT2D eigenvalue weighted by Gasteiger charge is 2.31. The molecule has 12 heteroatoms. The Kier molecular flexibility index (Phi) is 12.7. The number of aliphatic hydroxyl groups is 1. The molecule has 0 aliphatic rings. The Morgan fingerprint density at radius 2 is 1.51 bits per heavy atom. The van der Waals surface area contributed by atoms with Gasteiger partial charge in [-0.3, -0.25) is 14.4 Å². The molecule has 0 fully saturated rings. The average Bonchev–Trinajstić information content (AvgIpc) is 2.81. The number of amides is 3. The van der Waals surface area contributed by atoms with Crippen LogP contribution in [0.2, 0.25) is 0 Å². The molecule has 35 heavy (non-hydrogen) atoms. The van der Waals surface area contributed by atoms with Crippen LogP contribution >= 0.6 is 0 Å². The summed E-state index contributed by atoms with van der Waals surface area (Å²) in [6.45, 7) is 3.17. The fourth-order valence-corrected chi connectivity index (χ4v) is 3.24. The number of carboxylic acid groups (broad SMARTS) is 1. The van der Waals surface area contributed by atoms with E-state index in [9.17, 15) is 29.4 Å². The monoisotopic (exact) mass is 495 g/mol. The molecule has 0 aromatic heterocycles. The van der Waals surface area contributed by atoms with Gasteiger partial charge in [-0.05, 0) is 49.4 Å². The second-order valence-corrected chi connectivity index (χ2v) is 8.63. The maximum Gasteiger partial charge on any atom is 0.326 e. The Morgan fingerprint density at radius 3 is 2.03 bits per heavy atom. The number of carbonyl (C=O) groups excluding carboxylic acids is 3. The average molecular weight is 496 g/mol. The molecule has 3 amide bonds. The smallest absolute Gasteiger partial charge is 0.326 e. The van der Waals surface area contributed by atoms with Crippen molar-refractivity contribution < 1.29 is 34.5 Å². The van der Waals surface area contributed by atoms with Gasteiger partial charge in [0.2, 0.25) is 17.7 Å². The lowest BCUT2D eigenvalue weighted by molar-refractivity contribution is -0.142. The maximum atomic E-state index is 13.0. The van der Waals surface area contributed by atoms with Gasteiger partial charge >= 0.3 is 5.97 Å². The molecule has 196 valence electrons. The highest BCUT2D eigenvalue weighted by molar-refractivity contribution is 5.94. The molecule has 1 aromatic carbocycles. The van der Waals surface area contributed by atoms with Gasteiger partial charge < -0.3 is 42.7 Å². The number of carbonyl (C=O) groups is 4. The Balaban J connectivity index is 2.95. The van der Waals surface area contributed by atoms with E-state index in [1.165, 1.54) is 12.1 Å². The number of rotatable bonds is 15. The molecule has 0 heterocycles. The van der Waals surface area contributed by atoms with Crippen molar-refractivity contribution in [2.45, 2.75) is 63.7 Å². The molecular weight excluding hydrogens is 458 g/mol. The van der Waals surface area contributed by atoms with Crippen molar-refractivity contribution in [3.63, 3.8) is 0 Å². The van der Waals surface area contributed by atoms with E-state index >= 15 is 0 Å². The van der Waals surface area contributed by atoms with E-state index in [0.29, 0.717) is 24.9 Å². The molecule has 1 aromatic rings. The van der Waals surface area contributed by atoms with Gasteiger partial charge in [0, 0.05) is 6.42 Å².